The largest absolute Gasteiger partial charge is 0.264 e. The second-order valence-corrected chi connectivity index (χ2v) is 7.24. The number of hydrogen-bond acceptors (Lipinski definition) is 4. The first-order chi connectivity index (χ1) is 10.1. The Morgan fingerprint density at radius 3 is 2.62 bits per heavy atom. The van der Waals surface area contributed by atoms with E-state index in [2.05, 4.69) is 9.97 Å². The van der Waals surface area contributed by atoms with Crippen molar-refractivity contribution in [2.45, 2.75) is 30.3 Å². The number of rotatable bonds is 5. The van der Waals surface area contributed by atoms with Gasteiger partial charge in [0, 0.05) is 31.2 Å². The molecule has 2 aromatic rings. The highest BCUT2D eigenvalue weighted by atomic mass is 35.5. The van der Waals surface area contributed by atoms with E-state index in [9.17, 15) is 8.42 Å². The van der Waals surface area contributed by atoms with Gasteiger partial charge in [0.25, 0.3) is 0 Å². The van der Waals surface area contributed by atoms with Crippen molar-refractivity contribution in [3.63, 3.8) is 0 Å². The van der Waals surface area contributed by atoms with Crippen LogP contribution >= 0.6 is 11.6 Å². The predicted molar refractivity (Wildman–Crippen MR) is 79.2 cm³/mol. The molecule has 0 radical (unpaired) electrons. The summed E-state index contributed by atoms with van der Waals surface area (Å²) in [4.78, 5) is 8.06. The average Bonchev–Trinajstić information content (AvgIpc) is 3.31. The lowest BCUT2D eigenvalue weighted by Crippen LogP contribution is -2.32. The van der Waals surface area contributed by atoms with Gasteiger partial charge in [-0.05, 0) is 36.6 Å². The summed E-state index contributed by atoms with van der Waals surface area (Å²) in [6.07, 6.45) is 6.44. The van der Waals surface area contributed by atoms with Crippen LogP contribution in [0.3, 0.4) is 0 Å². The summed E-state index contributed by atoms with van der Waals surface area (Å²) in [5.74, 6) is 0. The van der Waals surface area contributed by atoms with Crippen LogP contribution in [0.4, 0.5) is 0 Å². The molecule has 3 rings (SSSR count). The summed E-state index contributed by atoms with van der Waals surface area (Å²) in [6.45, 7) is 0.323. The molecule has 1 aliphatic rings. The number of aromatic nitrogens is 2. The quantitative estimate of drug-likeness (QED) is 0.793. The fourth-order valence-electron chi connectivity index (χ4n) is 2.09. The molecule has 0 bridgehead atoms. The Bertz CT molecular complexity index is 716. The van der Waals surface area contributed by atoms with E-state index in [0.717, 1.165) is 18.4 Å². The highest BCUT2D eigenvalue weighted by Crippen LogP contribution is 2.33. The molecule has 0 atom stereocenters. The van der Waals surface area contributed by atoms with Gasteiger partial charge in [0.15, 0.2) is 0 Å². The minimum absolute atomic E-state index is 0.0610. The van der Waals surface area contributed by atoms with Crippen LogP contribution in [0.25, 0.3) is 0 Å². The van der Waals surface area contributed by atoms with E-state index in [1.165, 1.54) is 22.6 Å². The van der Waals surface area contributed by atoms with Gasteiger partial charge in [-0.2, -0.15) is 4.31 Å². The van der Waals surface area contributed by atoms with E-state index < -0.39 is 10.0 Å². The van der Waals surface area contributed by atoms with E-state index in [4.69, 9.17) is 11.6 Å². The molecule has 5 nitrogen and oxygen atoms in total. The first kappa shape index (κ1) is 14.4. The van der Waals surface area contributed by atoms with Crippen LogP contribution in [0.5, 0.6) is 0 Å². The van der Waals surface area contributed by atoms with Crippen molar-refractivity contribution in [2.75, 3.05) is 0 Å². The van der Waals surface area contributed by atoms with E-state index in [1.54, 1.807) is 18.5 Å². The summed E-state index contributed by atoms with van der Waals surface area (Å²) >= 11 is 5.72. The second kappa shape index (κ2) is 5.71. The molecule has 0 spiro atoms. The molecule has 1 aliphatic carbocycles. The molecular formula is C14H14ClN3O2S. The minimum Gasteiger partial charge on any atom is -0.264 e. The zero-order valence-electron chi connectivity index (χ0n) is 11.2. The molecule has 1 saturated carbocycles. The SMILES string of the molecule is O=S(=O)(c1ccc(Cl)nc1)N(Cc1cccnc1)C1CC1. The van der Waals surface area contributed by atoms with Crippen molar-refractivity contribution < 1.29 is 8.42 Å². The van der Waals surface area contributed by atoms with Gasteiger partial charge in [-0.25, -0.2) is 13.4 Å². The first-order valence-corrected chi connectivity index (χ1v) is 8.41. The Hall–Kier alpha value is -1.50. The maximum atomic E-state index is 12.8. The highest BCUT2D eigenvalue weighted by Gasteiger charge is 2.38. The Kier molecular flexibility index (Phi) is 3.93. The molecular weight excluding hydrogens is 310 g/mol. The fourth-order valence-corrected chi connectivity index (χ4v) is 3.83. The van der Waals surface area contributed by atoms with Gasteiger partial charge in [-0.1, -0.05) is 17.7 Å². The smallest absolute Gasteiger partial charge is 0.245 e. The summed E-state index contributed by atoms with van der Waals surface area (Å²) in [5, 5.41) is 0.277. The van der Waals surface area contributed by atoms with E-state index in [1.807, 2.05) is 6.07 Å². The second-order valence-electron chi connectivity index (χ2n) is 4.96. The van der Waals surface area contributed by atoms with Gasteiger partial charge in [0.1, 0.15) is 10.0 Å². The van der Waals surface area contributed by atoms with Crippen LogP contribution in [0.1, 0.15) is 18.4 Å². The van der Waals surface area contributed by atoms with Crippen LogP contribution in [0, 0.1) is 0 Å². The maximum Gasteiger partial charge on any atom is 0.245 e. The number of halogens is 1. The standard InChI is InChI=1S/C14H14ClN3O2S/c15-14-6-5-13(9-17-14)21(19,20)18(12-3-4-12)10-11-2-1-7-16-8-11/h1-2,5-9,12H,3-4,10H2. The third-order valence-electron chi connectivity index (χ3n) is 3.32. The molecule has 110 valence electrons. The number of hydrogen-bond donors (Lipinski definition) is 0. The third kappa shape index (κ3) is 3.23. The van der Waals surface area contributed by atoms with Gasteiger partial charge in [-0.15, -0.1) is 0 Å². The number of pyridine rings is 2. The monoisotopic (exact) mass is 323 g/mol. The Morgan fingerprint density at radius 2 is 2.05 bits per heavy atom. The van der Waals surface area contributed by atoms with Crippen LogP contribution in [0.2, 0.25) is 5.15 Å². The molecule has 7 heteroatoms. The summed E-state index contributed by atoms with van der Waals surface area (Å²) in [5.41, 5.74) is 0.870. The molecule has 1 fully saturated rings. The molecule has 0 aliphatic heterocycles. The molecule has 21 heavy (non-hydrogen) atoms. The zero-order valence-corrected chi connectivity index (χ0v) is 12.8. The maximum absolute atomic E-state index is 12.8. The number of sulfonamides is 1. The molecule has 2 heterocycles. The first-order valence-electron chi connectivity index (χ1n) is 6.60. The zero-order chi connectivity index (χ0) is 14.9. The lowest BCUT2D eigenvalue weighted by molar-refractivity contribution is 0.398. The molecule has 0 N–H and O–H groups in total. The third-order valence-corrected chi connectivity index (χ3v) is 5.43. The Labute approximate surface area is 128 Å². The highest BCUT2D eigenvalue weighted by molar-refractivity contribution is 7.89. The normalized spacial score (nSPS) is 15.3. The van der Waals surface area contributed by atoms with Crippen LogP contribution in [-0.4, -0.2) is 28.7 Å². The van der Waals surface area contributed by atoms with Crippen molar-refractivity contribution in [3.8, 4) is 0 Å². The molecule has 0 amide bonds. The number of nitrogens with zero attached hydrogens (tertiary/aromatic N) is 3. The van der Waals surface area contributed by atoms with Crippen molar-refractivity contribution >= 4 is 21.6 Å². The van der Waals surface area contributed by atoms with Crippen LogP contribution in [0.15, 0.2) is 47.8 Å². The van der Waals surface area contributed by atoms with Crippen LogP contribution in [-0.2, 0) is 16.6 Å². The lowest BCUT2D eigenvalue weighted by atomic mass is 10.3. The van der Waals surface area contributed by atoms with Gasteiger partial charge < -0.3 is 0 Å². The van der Waals surface area contributed by atoms with Gasteiger partial charge in [0.2, 0.25) is 10.0 Å². The molecule has 0 unspecified atom stereocenters. The van der Waals surface area contributed by atoms with E-state index in [0.29, 0.717) is 6.54 Å². The molecule has 0 saturated heterocycles. The molecule has 2 aromatic heterocycles. The van der Waals surface area contributed by atoms with Gasteiger partial charge in [-0.3, -0.25) is 4.98 Å². The van der Waals surface area contributed by atoms with Crippen molar-refractivity contribution in [1.29, 1.82) is 0 Å². The van der Waals surface area contributed by atoms with Crippen LogP contribution < -0.4 is 0 Å². The van der Waals surface area contributed by atoms with Gasteiger partial charge in [0.05, 0.1) is 0 Å². The Morgan fingerprint density at radius 1 is 1.24 bits per heavy atom. The summed E-state index contributed by atoms with van der Waals surface area (Å²) < 4.78 is 27.0. The van der Waals surface area contributed by atoms with Gasteiger partial charge >= 0.3 is 0 Å². The van der Waals surface area contributed by atoms with E-state index >= 15 is 0 Å². The molecule has 0 aromatic carbocycles. The summed E-state index contributed by atoms with van der Waals surface area (Å²) in [6, 6.07) is 6.72. The lowest BCUT2D eigenvalue weighted by Gasteiger charge is -2.21. The average molecular weight is 324 g/mol. The van der Waals surface area contributed by atoms with E-state index in [-0.39, 0.29) is 16.1 Å². The topological polar surface area (TPSA) is 63.2 Å². The summed E-state index contributed by atoms with van der Waals surface area (Å²) in [7, 11) is -3.57. The fraction of sp³-hybridized carbons (Fsp3) is 0.286. The van der Waals surface area contributed by atoms with Crippen molar-refractivity contribution in [2.24, 2.45) is 0 Å². The van der Waals surface area contributed by atoms with Crippen molar-refractivity contribution in [3.05, 3.63) is 53.6 Å². The Balaban J connectivity index is 1.91. The predicted octanol–water partition coefficient (Wildman–Crippen LogP) is 2.48. The van der Waals surface area contributed by atoms with Crippen molar-refractivity contribution in [1.82, 2.24) is 14.3 Å². The minimum atomic E-state index is -3.57.